The molecule has 2 unspecified atom stereocenters. The van der Waals surface area contributed by atoms with Crippen molar-refractivity contribution in [1.29, 1.82) is 0 Å². The molecular formula is C18H11F10NO. The van der Waals surface area contributed by atoms with E-state index in [1.54, 1.807) is 0 Å². The number of alkyl halides is 10. The number of hydrogen-bond donors (Lipinski definition) is 0. The van der Waals surface area contributed by atoms with Crippen LogP contribution >= 0.6 is 0 Å². The predicted molar refractivity (Wildman–Crippen MR) is 86.4 cm³/mol. The summed E-state index contributed by atoms with van der Waals surface area (Å²) in [6.07, 6.45) is -17.6. The van der Waals surface area contributed by atoms with Crippen LogP contribution in [0.2, 0.25) is 0 Å². The lowest BCUT2D eigenvalue weighted by Crippen LogP contribution is -2.65. The second-order valence-corrected chi connectivity index (χ2v) is 6.29. The minimum atomic E-state index is -6.49. The Morgan fingerprint density at radius 2 is 1.20 bits per heavy atom. The van der Waals surface area contributed by atoms with E-state index in [1.807, 2.05) is 0 Å². The van der Waals surface area contributed by atoms with Crippen LogP contribution in [0.3, 0.4) is 0 Å². The zero-order chi connectivity index (χ0) is 22.5. The first kappa shape index (κ1) is 22.2. The molecule has 0 saturated heterocycles. The fraction of sp³-hybridized carbons (Fsp3) is 0.333. The number of halogens is 10. The lowest BCUT2D eigenvalue weighted by atomic mass is 9.98. The maximum Gasteiger partial charge on any atom is 0.427 e. The number of nitrogens with zero attached hydrogens (tertiary/aromatic N) is 1. The van der Waals surface area contributed by atoms with Crippen LogP contribution in [0.1, 0.15) is 0 Å². The maximum absolute atomic E-state index is 15.7. The first-order chi connectivity index (χ1) is 13.8. The van der Waals surface area contributed by atoms with Gasteiger partial charge in [-0.05, 0) is 12.1 Å². The summed E-state index contributed by atoms with van der Waals surface area (Å²) in [5.74, 6) is -12.2. The van der Waals surface area contributed by atoms with Crippen molar-refractivity contribution in [2.75, 3.05) is 6.86 Å². The van der Waals surface area contributed by atoms with Crippen molar-refractivity contribution in [1.82, 2.24) is 4.57 Å². The molecule has 0 saturated carbocycles. The molecular weight excluding hydrogens is 436 g/mol. The van der Waals surface area contributed by atoms with Crippen molar-refractivity contribution in [2.24, 2.45) is 0 Å². The summed E-state index contributed by atoms with van der Waals surface area (Å²) in [7, 11) is 0. The lowest BCUT2D eigenvalue weighted by molar-refractivity contribution is -0.417. The van der Waals surface area contributed by atoms with Crippen molar-refractivity contribution in [2.45, 2.75) is 30.2 Å². The maximum atomic E-state index is 15.7. The second kappa shape index (κ2) is 7.03. The molecule has 1 heterocycles. The molecule has 3 aromatic rings. The predicted octanol–water partition coefficient (Wildman–Crippen LogP) is 6.49. The summed E-state index contributed by atoms with van der Waals surface area (Å²) >= 11 is 0. The largest absolute Gasteiger partial charge is 0.427 e. The Balaban J connectivity index is 2.49. The van der Waals surface area contributed by atoms with Crippen molar-refractivity contribution >= 4 is 21.8 Å². The Morgan fingerprint density at radius 3 is 1.60 bits per heavy atom. The van der Waals surface area contributed by atoms with Gasteiger partial charge in [0.05, 0.1) is 11.0 Å². The molecule has 0 bridgehead atoms. The fourth-order valence-corrected chi connectivity index (χ4v) is 3.27. The molecule has 0 radical (unpaired) electrons. The van der Waals surface area contributed by atoms with Gasteiger partial charge in [0, 0.05) is 10.8 Å². The molecule has 0 N–H and O–H groups in total. The van der Waals surface area contributed by atoms with Crippen LogP contribution in [0.15, 0.2) is 48.5 Å². The Hall–Kier alpha value is -2.50. The monoisotopic (exact) mass is 447 g/mol. The molecule has 0 aliphatic carbocycles. The number of benzene rings is 2. The Bertz CT molecular complexity index is 1010. The van der Waals surface area contributed by atoms with Gasteiger partial charge in [-0.25, -0.2) is 13.2 Å². The number of ether oxygens (including phenoxy) is 1. The summed E-state index contributed by atoms with van der Waals surface area (Å²) in [6.45, 7) is -2.59. The van der Waals surface area contributed by atoms with Crippen LogP contribution in [0.25, 0.3) is 21.8 Å². The molecule has 2 atom stereocenters. The van der Waals surface area contributed by atoms with Gasteiger partial charge in [0.2, 0.25) is 0 Å². The zero-order valence-electron chi connectivity index (χ0n) is 14.5. The highest BCUT2D eigenvalue weighted by atomic mass is 19.4. The van der Waals surface area contributed by atoms with Gasteiger partial charge < -0.3 is 0 Å². The van der Waals surface area contributed by atoms with Crippen LogP contribution in [-0.2, 0) is 10.5 Å². The molecule has 164 valence electrons. The van der Waals surface area contributed by atoms with Crippen molar-refractivity contribution in [3.8, 4) is 0 Å². The Labute approximate surface area is 161 Å². The molecule has 12 heteroatoms. The molecule has 2 aromatic carbocycles. The SMILES string of the molecule is FCOC(F)(F)C(F)(F)C(F)(C(F)C(F)(F)F)n1c2ccccc2c2ccccc21. The van der Waals surface area contributed by atoms with Crippen molar-refractivity contribution in [3.05, 3.63) is 48.5 Å². The van der Waals surface area contributed by atoms with E-state index < -0.39 is 52.6 Å². The van der Waals surface area contributed by atoms with Crippen LogP contribution < -0.4 is 0 Å². The molecule has 1 aromatic heterocycles. The molecule has 30 heavy (non-hydrogen) atoms. The number of hydrogen-bond acceptors (Lipinski definition) is 1. The van der Waals surface area contributed by atoms with E-state index in [4.69, 9.17) is 0 Å². The molecule has 0 fully saturated rings. The van der Waals surface area contributed by atoms with Gasteiger partial charge in [-0.2, -0.15) is 30.7 Å². The molecule has 0 amide bonds. The highest BCUT2D eigenvalue weighted by molar-refractivity contribution is 6.08. The van der Waals surface area contributed by atoms with E-state index >= 15 is 4.39 Å². The van der Waals surface area contributed by atoms with Gasteiger partial charge >= 0.3 is 18.2 Å². The van der Waals surface area contributed by atoms with Gasteiger partial charge in [0.25, 0.3) is 12.0 Å². The van der Waals surface area contributed by atoms with Crippen molar-refractivity contribution in [3.63, 3.8) is 0 Å². The average molecular weight is 447 g/mol. The minimum absolute atomic E-state index is 0.102. The number of para-hydroxylation sites is 2. The average Bonchev–Trinajstić information content (AvgIpc) is 3.00. The van der Waals surface area contributed by atoms with Gasteiger partial charge in [-0.15, -0.1) is 0 Å². The van der Waals surface area contributed by atoms with Crippen molar-refractivity contribution < 1.29 is 48.6 Å². The molecule has 0 spiro atoms. The van der Waals surface area contributed by atoms with E-state index in [-0.39, 0.29) is 10.8 Å². The summed E-state index contributed by atoms with van der Waals surface area (Å²) < 4.78 is 141. The van der Waals surface area contributed by atoms with Gasteiger partial charge in [0.1, 0.15) is 0 Å². The molecule has 2 nitrogen and oxygen atoms in total. The van der Waals surface area contributed by atoms with Gasteiger partial charge in [0.15, 0.2) is 6.86 Å². The van der Waals surface area contributed by atoms with Crippen LogP contribution in [0, 0.1) is 0 Å². The Morgan fingerprint density at radius 1 is 0.767 bits per heavy atom. The highest BCUT2D eigenvalue weighted by Gasteiger charge is 2.79. The van der Waals surface area contributed by atoms with E-state index in [2.05, 4.69) is 4.74 Å². The van der Waals surface area contributed by atoms with Gasteiger partial charge in [-0.1, -0.05) is 36.4 Å². The van der Waals surface area contributed by atoms with E-state index in [1.165, 1.54) is 24.3 Å². The summed E-state index contributed by atoms with van der Waals surface area (Å²) in [5.41, 5.74) is -1.44. The van der Waals surface area contributed by atoms with Crippen LogP contribution in [0.4, 0.5) is 43.9 Å². The van der Waals surface area contributed by atoms with E-state index in [0.29, 0.717) is 0 Å². The summed E-state index contributed by atoms with van der Waals surface area (Å²) in [5, 5.41) is -0.204. The highest BCUT2D eigenvalue weighted by Crippen LogP contribution is 2.55. The summed E-state index contributed by atoms with van der Waals surface area (Å²) in [4.78, 5) is 0. The second-order valence-electron chi connectivity index (χ2n) is 6.29. The third kappa shape index (κ3) is 2.99. The molecule has 0 aliphatic rings. The topological polar surface area (TPSA) is 14.2 Å². The smallest absolute Gasteiger partial charge is 0.299 e. The van der Waals surface area contributed by atoms with Crippen LogP contribution in [-0.4, -0.2) is 35.8 Å². The standard InChI is InChI=1S/C18H11F10NO/c19-9-30-18(27,28)17(25,26)15(21,14(20)16(22,23)24)29-12-7-3-1-5-10(12)11-6-2-4-8-13(11)29/h1-8,14H,9H2. The quantitative estimate of drug-likeness (QED) is 0.394. The van der Waals surface area contributed by atoms with Gasteiger partial charge in [-0.3, -0.25) is 9.30 Å². The minimum Gasteiger partial charge on any atom is -0.299 e. The van der Waals surface area contributed by atoms with Crippen LogP contribution in [0.5, 0.6) is 0 Å². The number of rotatable bonds is 6. The Kier molecular flexibility index (Phi) is 5.20. The number of fused-ring (bicyclic) bond motifs is 3. The first-order valence-electron chi connectivity index (χ1n) is 8.14. The number of aromatic nitrogens is 1. The normalized spacial score (nSPS) is 16.7. The molecule has 0 aliphatic heterocycles. The summed E-state index contributed by atoms with van der Waals surface area (Å²) in [6, 6.07) is 8.98. The fourth-order valence-electron chi connectivity index (χ4n) is 3.27. The third-order valence-electron chi connectivity index (χ3n) is 4.57. The van der Waals surface area contributed by atoms with E-state index in [9.17, 15) is 39.5 Å². The first-order valence-corrected chi connectivity index (χ1v) is 8.14. The van der Waals surface area contributed by atoms with E-state index in [0.717, 1.165) is 24.3 Å². The molecule has 3 rings (SSSR count). The zero-order valence-corrected chi connectivity index (χ0v) is 14.5. The lowest BCUT2D eigenvalue weighted by Gasteiger charge is -2.40. The third-order valence-corrected chi connectivity index (χ3v) is 4.57.